The van der Waals surface area contributed by atoms with Gasteiger partial charge in [0.05, 0.1) is 0 Å². The first-order valence-electron chi connectivity index (χ1n) is 4.82. The zero-order chi connectivity index (χ0) is 11.2. The van der Waals surface area contributed by atoms with Crippen molar-refractivity contribution in [2.75, 3.05) is 0 Å². The maximum atomic E-state index is 6.90. The van der Waals surface area contributed by atoms with Crippen molar-refractivity contribution < 1.29 is 0 Å². The van der Waals surface area contributed by atoms with Gasteiger partial charge < -0.3 is 10.6 Å². The van der Waals surface area contributed by atoms with Gasteiger partial charge in [0, 0.05) is 31.0 Å². The minimum atomic E-state index is -0.221. The van der Waals surface area contributed by atoms with Crippen LogP contribution in [0.2, 0.25) is 0 Å². The maximum absolute atomic E-state index is 6.90. The van der Waals surface area contributed by atoms with E-state index in [-0.39, 0.29) is 7.12 Å². The lowest BCUT2D eigenvalue weighted by Crippen LogP contribution is -2.46. The SMILES string of the molecule is N=C/C=C\NB(n1cccn1)n1cccn1. The van der Waals surface area contributed by atoms with E-state index in [0.29, 0.717) is 0 Å². The zero-order valence-corrected chi connectivity index (χ0v) is 8.56. The summed E-state index contributed by atoms with van der Waals surface area (Å²) in [6, 6.07) is 3.69. The molecule has 2 aromatic heterocycles. The van der Waals surface area contributed by atoms with E-state index >= 15 is 0 Å². The van der Waals surface area contributed by atoms with Crippen molar-refractivity contribution in [2.24, 2.45) is 0 Å². The lowest BCUT2D eigenvalue weighted by Gasteiger charge is -2.12. The van der Waals surface area contributed by atoms with E-state index in [1.165, 1.54) is 6.21 Å². The molecule has 80 valence electrons. The molecule has 2 N–H and O–H groups in total. The monoisotopic (exact) mass is 214 g/mol. The molecular weight excluding hydrogens is 203 g/mol. The Morgan fingerprint density at radius 1 is 1.12 bits per heavy atom. The van der Waals surface area contributed by atoms with Crippen molar-refractivity contribution in [3.63, 3.8) is 0 Å². The van der Waals surface area contributed by atoms with Gasteiger partial charge in [-0.15, -0.1) is 0 Å². The van der Waals surface area contributed by atoms with Gasteiger partial charge in [0.1, 0.15) is 0 Å². The highest BCUT2D eigenvalue weighted by molar-refractivity contribution is 6.52. The van der Waals surface area contributed by atoms with Gasteiger partial charge in [0.15, 0.2) is 0 Å². The molecule has 0 aromatic carbocycles. The summed E-state index contributed by atoms with van der Waals surface area (Å²) in [7, 11) is -0.221. The zero-order valence-electron chi connectivity index (χ0n) is 8.56. The van der Waals surface area contributed by atoms with Crippen molar-refractivity contribution in [2.45, 2.75) is 0 Å². The van der Waals surface area contributed by atoms with E-state index in [1.54, 1.807) is 33.9 Å². The number of nitrogens with zero attached hydrogens (tertiary/aromatic N) is 4. The second-order valence-electron chi connectivity index (χ2n) is 3.04. The Balaban J connectivity index is 2.20. The molecule has 0 bridgehead atoms. The fourth-order valence-electron chi connectivity index (χ4n) is 1.31. The molecule has 2 rings (SSSR count). The quantitative estimate of drug-likeness (QED) is 0.552. The van der Waals surface area contributed by atoms with Crippen molar-refractivity contribution in [1.29, 1.82) is 5.41 Å². The van der Waals surface area contributed by atoms with E-state index in [9.17, 15) is 0 Å². The Morgan fingerprint density at radius 2 is 1.75 bits per heavy atom. The van der Waals surface area contributed by atoms with Gasteiger partial charge in [-0.05, 0) is 24.4 Å². The van der Waals surface area contributed by atoms with Crippen LogP contribution in [-0.2, 0) is 0 Å². The first kappa shape index (κ1) is 10.2. The van der Waals surface area contributed by atoms with Crippen LogP contribution in [0.25, 0.3) is 0 Å². The van der Waals surface area contributed by atoms with Gasteiger partial charge in [0.25, 0.3) is 0 Å². The summed E-state index contributed by atoms with van der Waals surface area (Å²) in [6.45, 7) is 0. The standard InChI is InChI=1S/C9H11BN6/c11-4-1-5-12-10(15-8-2-6-13-15)16-9-3-7-14-16/h1-9,11-12H/b5-1-,11-4?. The van der Waals surface area contributed by atoms with Gasteiger partial charge in [-0.3, -0.25) is 9.19 Å². The molecule has 0 aliphatic carbocycles. The molecule has 16 heavy (non-hydrogen) atoms. The smallest absolute Gasteiger partial charge is 0.393 e. The summed E-state index contributed by atoms with van der Waals surface area (Å²) in [5.74, 6) is 0. The largest absolute Gasteiger partial charge is 0.544 e. The third-order valence-corrected chi connectivity index (χ3v) is 1.99. The summed E-state index contributed by atoms with van der Waals surface area (Å²) >= 11 is 0. The Labute approximate surface area is 93.2 Å². The Bertz CT molecular complexity index is 412. The third-order valence-electron chi connectivity index (χ3n) is 1.99. The van der Waals surface area contributed by atoms with Gasteiger partial charge in [-0.1, -0.05) is 0 Å². The molecule has 0 aliphatic rings. The van der Waals surface area contributed by atoms with Gasteiger partial charge in [-0.25, -0.2) is 0 Å². The summed E-state index contributed by atoms with van der Waals surface area (Å²) < 4.78 is 3.47. The summed E-state index contributed by atoms with van der Waals surface area (Å²) in [5, 5.41) is 18.3. The van der Waals surface area contributed by atoms with Crippen LogP contribution < -0.4 is 5.23 Å². The van der Waals surface area contributed by atoms with Crippen molar-refractivity contribution >= 4 is 13.3 Å². The van der Waals surface area contributed by atoms with Crippen molar-refractivity contribution in [3.8, 4) is 0 Å². The number of aromatic nitrogens is 4. The second kappa shape index (κ2) is 4.97. The molecule has 0 saturated heterocycles. The number of allylic oxidation sites excluding steroid dienone is 1. The van der Waals surface area contributed by atoms with Crippen LogP contribution >= 0.6 is 0 Å². The minimum absolute atomic E-state index is 0.221. The van der Waals surface area contributed by atoms with Crippen LogP contribution in [0.5, 0.6) is 0 Å². The molecule has 2 aromatic rings. The predicted molar refractivity (Wildman–Crippen MR) is 62.1 cm³/mol. The van der Waals surface area contributed by atoms with Gasteiger partial charge in [-0.2, -0.15) is 10.2 Å². The fourth-order valence-corrected chi connectivity index (χ4v) is 1.31. The molecule has 0 unspecified atom stereocenters. The number of nitrogens with one attached hydrogen (secondary N) is 2. The molecular formula is C9H11BN6. The average Bonchev–Trinajstić information content (AvgIpc) is 2.97. The first-order valence-corrected chi connectivity index (χ1v) is 4.82. The molecule has 0 spiro atoms. The predicted octanol–water partition coefficient (Wildman–Crippen LogP) is 0.214. The van der Waals surface area contributed by atoms with E-state index in [0.717, 1.165) is 0 Å². The number of hydrogen-bond acceptors (Lipinski definition) is 4. The molecule has 6 nitrogen and oxygen atoms in total. The second-order valence-corrected chi connectivity index (χ2v) is 3.04. The summed E-state index contributed by atoms with van der Waals surface area (Å²) in [6.07, 6.45) is 11.6. The highest BCUT2D eigenvalue weighted by Gasteiger charge is 2.20. The Hall–Kier alpha value is -2.31. The number of rotatable bonds is 5. The molecule has 0 amide bonds. The van der Waals surface area contributed by atoms with Crippen LogP contribution in [0.4, 0.5) is 0 Å². The Morgan fingerprint density at radius 3 is 2.19 bits per heavy atom. The molecule has 2 heterocycles. The molecule has 0 saturated carbocycles. The number of hydrogen-bond donors (Lipinski definition) is 2. The topological polar surface area (TPSA) is 71.5 Å². The van der Waals surface area contributed by atoms with E-state index in [2.05, 4.69) is 15.4 Å². The summed E-state index contributed by atoms with van der Waals surface area (Å²) in [5.41, 5.74) is 0. The first-order chi connectivity index (χ1) is 7.92. The lowest BCUT2D eigenvalue weighted by molar-refractivity contribution is 0.823. The van der Waals surface area contributed by atoms with E-state index < -0.39 is 0 Å². The molecule has 0 fully saturated rings. The van der Waals surface area contributed by atoms with Crippen molar-refractivity contribution in [1.82, 2.24) is 24.6 Å². The van der Waals surface area contributed by atoms with Gasteiger partial charge in [0.2, 0.25) is 0 Å². The van der Waals surface area contributed by atoms with Gasteiger partial charge >= 0.3 is 7.12 Å². The average molecular weight is 214 g/mol. The van der Waals surface area contributed by atoms with Crippen LogP contribution in [0, 0.1) is 5.41 Å². The highest BCUT2D eigenvalue weighted by Crippen LogP contribution is 1.91. The third kappa shape index (κ3) is 2.19. The molecule has 7 heteroatoms. The van der Waals surface area contributed by atoms with Crippen molar-refractivity contribution in [3.05, 3.63) is 49.2 Å². The molecule has 0 aliphatic heterocycles. The molecule has 0 atom stereocenters. The Kier molecular flexibility index (Phi) is 3.17. The maximum Gasteiger partial charge on any atom is 0.544 e. The van der Waals surface area contributed by atoms with Crippen LogP contribution in [-0.4, -0.2) is 32.7 Å². The highest BCUT2D eigenvalue weighted by atomic mass is 15.4. The minimum Gasteiger partial charge on any atom is -0.393 e. The lowest BCUT2D eigenvalue weighted by atomic mass is 9.95. The van der Waals surface area contributed by atoms with Crippen LogP contribution in [0.3, 0.4) is 0 Å². The van der Waals surface area contributed by atoms with Crippen LogP contribution in [0.15, 0.2) is 49.2 Å². The summed E-state index contributed by atoms with van der Waals surface area (Å²) in [4.78, 5) is 0. The normalized spacial score (nSPS) is 10.5. The fraction of sp³-hybridized carbons (Fsp3) is 0. The van der Waals surface area contributed by atoms with E-state index in [4.69, 9.17) is 5.41 Å². The molecule has 0 radical (unpaired) electrons. The van der Waals surface area contributed by atoms with E-state index in [1.807, 2.05) is 24.5 Å². The van der Waals surface area contributed by atoms with Crippen LogP contribution in [0.1, 0.15) is 0 Å².